The van der Waals surface area contributed by atoms with Crippen molar-refractivity contribution in [1.82, 2.24) is 5.32 Å². The summed E-state index contributed by atoms with van der Waals surface area (Å²) in [4.78, 5) is 0. The minimum absolute atomic E-state index is 0.0629. The van der Waals surface area contributed by atoms with Gasteiger partial charge in [-0.2, -0.15) is 26.3 Å². The first-order valence-corrected chi connectivity index (χ1v) is 4.60. The summed E-state index contributed by atoms with van der Waals surface area (Å²) < 4.78 is 76.4. The van der Waals surface area contributed by atoms with Crippen LogP contribution in [0.1, 0.15) is 12.8 Å². The van der Waals surface area contributed by atoms with Crippen LogP contribution < -0.4 is 5.32 Å². The molecular formula is C8H11F6NO. The number of hydrogen-bond acceptors (Lipinski definition) is 2. The van der Waals surface area contributed by atoms with E-state index in [1.54, 1.807) is 7.05 Å². The van der Waals surface area contributed by atoms with Crippen LogP contribution in [0.5, 0.6) is 0 Å². The molecule has 1 aliphatic rings. The lowest BCUT2D eigenvalue weighted by Crippen LogP contribution is -2.52. The second kappa shape index (κ2) is 4.40. The second-order valence-corrected chi connectivity index (χ2v) is 3.68. The molecule has 8 heteroatoms. The van der Waals surface area contributed by atoms with E-state index in [4.69, 9.17) is 0 Å². The molecule has 1 N–H and O–H groups in total. The Balaban J connectivity index is 2.54. The third kappa shape index (κ3) is 3.24. The lowest BCUT2D eigenvalue weighted by Gasteiger charge is -2.38. The predicted octanol–water partition coefficient (Wildman–Crippen LogP) is 2.25. The van der Waals surface area contributed by atoms with E-state index in [1.165, 1.54) is 0 Å². The Morgan fingerprint density at radius 2 is 1.50 bits per heavy atom. The van der Waals surface area contributed by atoms with E-state index in [2.05, 4.69) is 10.1 Å². The SMILES string of the molecule is CNC1CC(OC(C(F)(F)F)C(F)(F)F)C1. The molecule has 16 heavy (non-hydrogen) atoms. The van der Waals surface area contributed by atoms with E-state index in [0.717, 1.165) is 0 Å². The average Bonchev–Trinajstić information content (AvgIpc) is 1.96. The smallest absolute Gasteiger partial charge is 0.357 e. The molecule has 0 unspecified atom stereocenters. The largest absolute Gasteiger partial charge is 0.423 e. The lowest BCUT2D eigenvalue weighted by atomic mass is 9.89. The molecule has 96 valence electrons. The van der Waals surface area contributed by atoms with Gasteiger partial charge in [0.2, 0.25) is 6.10 Å². The summed E-state index contributed by atoms with van der Waals surface area (Å²) in [6.45, 7) is 0. The van der Waals surface area contributed by atoms with Crippen molar-refractivity contribution in [3.8, 4) is 0 Å². The molecule has 1 rings (SSSR count). The summed E-state index contributed by atoms with van der Waals surface area (Å²) in [6.07, 6.45) is -15.2. The molecule has 0 radical (unpaired) electrons. The second-order valence-electron chi connectivity index (χ2n) is 3.68. The Kier molecular flexibility index (Phi) is 3.73. The molecule has 0 saturated heterocycles. The van der Waals surface area contributed by atoms with Crippen LogP contribution in [-0.4, -0.2) is 37.7 Å². The molecule has 2 nitrogen and oxygen atoms in total. The summed E-state index contributed by atoms with van der Waals surface area (Å²) in [5.41, 5.74) is 0. The number of nitrogens with one attached hydrogen (secondary N) is 1. The fourth-order valence-corrected chi connectivity index (χ4v) is 1.44. The third-order valence-corrected chi connectivity index (χ3v) is 2.43. The molecule has 0 amide bonds. The number of halogens is 6. The normalized spacial score (nSPS) is 27.0. The average molecular weight is 251 g/mol. The summed E-state index contributed by atoms with van der Waals surface area (Å²) in [7, 11) is 1.59. The molecule has 0 aromatic heterocycles. The van der Waals surface area contributed by atoms with Gasteiger partial charge in [-0.05, 0) is 19.9 Å². The highest BCUT2D eigenvalue weighted by atomic mass is 19.4. The van der Waals surface area contributed by atoms with Gasteiger partial charge in [0.15, 0.2) is 0 Å². The highest BCUT2D eigenvalue weighted by Crippen LogP contribution is 2.38. The van der Waals surface area contributed by atoms with Crippen LogP contribution in [0, 0.1) is 0 Å². The van der Waals surface area contributed by atoms with Crippen molar-refractivity contribution in [2.45, 2.75) is 43.4 Å². The quantitative estimate of drug-likeness (QED) is 0.777. The minimum atomic E-state index is -5.41. The first-order valence-electron chi connectivity index (χ1n) is 4.60. The first-order chi connectivity index (χ1) is 7.14. The van der Waals surface area contributed by atoms with Gasteiger partial charge in [0.25, 0.3) is 0 Å². The Morgan fingerprint density at radius 1 is 1.06 bits per heavy atom. The standard InChI is InChI=1S/C8H11F6NO/c1-15-4-2-5(3-4)16-6(7(9,10)11)8(12,13)14/h4-6,15H,2-3H2,1H3. The zero-order chi connectivity index (χ0) is 12.6. The Hall–Kier alpha value is -0.500. The third-order valence-electron chi connectivity index (χ3n) is 2.43. The first kappa shape index (κ1) is 13.6. The Morgan fingerprint density at radius 3 is 1.81 bits per heavy atom. The van der Waals surface area contributed by atoms with Gasteiger partial charge < -0.3 is 10.1 Å². The molecular weight excluding hydrogens is 240 g/mol. The van der Waals surface area contributed by atoms with Gasteiger partial charge in [-0.25, -0.2) is 0 Å². The van der Waals surface area contributed by atoms with Crippen molar-refractivity contribution in [3.63, 3.8) is 0 Å². The summed E-state index contributed by atoms with van der Waals surface area (Å²) in [5.74, 6) is 0. The number of ether oxygens (including phenoxy) is 1. The zero-order valence-electron chi connectivity index (χ0n) is 8.32. The summed E-state index contributed by atoms with van der Waals surface area (Å²) >= 11 is 0. The van der Waals surface area contributed by atoms with Crippen molar-refractivity contribution in [1.29, 1.82) is 0 Å². The molecule has 1 saturated carbocycles. The number of alkyl halides is 6. The molecule has 0 atom stereocenters. The van der Waals surface area contributed by atoms with Crippen LogP contribution >= 0.6 is 0 Å². The van der Waals surface area contributed by atoms with Gasteiger partial charge in [-0.1, -0.05) is 0 Å². The van der Waals surface area contributed by atoms with E-state index < -0.39 is 24.6 Å². The van der Waals surface area contributed by atoms with Crippen LogP contribution in [0.25, 0.3) is 0 Å². The number of hydrogen-bond donors (Lipinski definition) is 1. The van der Waals surface area contributed by atoms with Crippen molar-refractivity contribution >= 4 is 0 Å². The van der Waals surface area contributed by atoms with E-state index in [-0.39, 0.29) is 18.9 Å². The zero-order valence-corrected chi connectivity index (χ0v) is 8.32. The van der Waals surface area contributed by atoms with Crippen LogP contribution in [0.2, 0.25) is 0 Å². The molecule has 0 spiro atoms. The maximum absolute atomic E-state index is 12.1. The van der Waals surface area contributed by atoms with E-state index in [1.807, 2.05) is 0 Å². The molecule has 0 aliphatic heterocycles. The fraction of sp³-hybridized carbons (Fsp3) is 1.00. The van der Waals surface area contributed by atoms with Crippen LogP contribution in [0.15, 0.2) is 0 Å². The van der Waals surface area contributed by atoms with Crippen LogP contribution in [-0.2, 0) is 4.74 Å². The topological polar surface area (TPSA) is 21.3 Å². The number of rotatable bonds is 3. The highest BCUT2D eigenvalue weighted by molar-refractivity contribution is 4.88. The molecule has 1 aliphatic carbocycles. The molecule has 0 aromatic carbocycles. The van der Waals surface area contributed by atoms with Gasteiger partial charge in [-0.15, -0.1) is 0 Å². The maximum Gasteiger partial charge on any atom is 0.423 e. The van der Waals surface area contributed by atoms with E-state index in [9.17, 15) is 26.3 Å². The predicted molar refractivity (Wildman–Crippen MR) is 42.9 cm³/mol. The van der Waals surface area contributed by atoms with Gasteiger partial charge in [0, 0.05) is 6.04 Å². The van der Waals surface area contributed by atoms with Gasteiger partial charge in [-0.3, -0.25) is 0 Å². The Bertz CT molecular complexity index is 218. The van der Waals surface area contributed by atoms with E-state index >= 15 is 0 Å². The van der Waals surface area contributed by atoms with Crippen LogP contribution in [0.3, 0.4) is 0 Å². The lowest BCUT2D eigenvalue weighted by molar-refractivity contribution is -0.336. The van der Waals surface area contributed by atoms with Crippen LogP contribution in [0.4, 0.5) is 26.3 Å². The van der Waals surface area contributed by atoms with Gasteiger partial charge >= 0.3 is 12.4 Å². The van der Waals surface area contributed by atoms with Gasteiger partial charge in [0.05, 0.1) is 6.10 Å². The van der Waals surface area contributed by atoms with Crippen molar-refractivity contribution in [2.24, 2.45) is 0 Å². The molecule has 0 bridgehead atoms. The highest BCUT2D eigenvalue weighted by Gasteiger charge is 2.59. The van der Waals surface area contributed by atoms with Gasteiger partial charge in [0.1, 0.15) is 0 Å². The monoisotopic (exact) mass is 251 g/mol. The molecule has 0 aromatic rings. The Labute approximate surface area is 87.9 Å². The van der Waals surface area contributed by atoms with E-state index in [0.29, 0.717) is 0 Å². The van der Waals surface area contributed by atoms with Crippen molar-refractivity contribution in [2.75, 3.05) is 7.05 Å². The van der Waals surface area contributed by atoms with Crippen molar-refractivity contribution < 1.29 is 31.1 Å². The molecule has 1 fully saturated rings. The van der Waals surface area contributed by atoms with Crippen molar-refractivity contribution in [3.05, 3.63) is 0 Å². The maximum atomic E-state index is 12.1. The fourth-order valence-electron chi connectivity index (χ4n) is 1.44. The minimum Gasteiger partial charge on any atom is -0.357 e. The molecule has 0 heterocycles. The summed E-state index contributed by atoms with van der Waals surface area (Å²) in [5, 5.41) is 2.74. The summed E-state index contributed by atoms with van der Waals surface area (Å²) in [6, 6.07) is -0.0629.